The fraction of sp³-hybridized carbons (Fsp3) is 0.583. The first-order valence-electron chi connectivity index (χ1n) is 11.1. The maximum Gasteiger partial charge on any atom is 0.356 e. The van der Waals surface area contributed by atoms with E-state index in [-0.39, 0.29) is 5.69 Å². The summed E-state index contributed by atoms with van der Waals surface area (Å²) in [6, 6.07) is 8.08. The second-order valence-electron chi connectivity index (χ2n) is 10.1. The number of rotatable bonds is 6. The molecule has 4 aliphatic carbocycles. The van der Waals surface area contributed by atoms with Crippen molar-refractivity contribution in [1.82, 2.24) is 7.76 Å². The number of halogens is 1. The average Bonchev–Trinajstić information content (AvgIpc) is 3.02. The van der Waals surface area contributed by atoms with Crippen LogP contribution in [-0.2, 0) is 6.42 Å². The van der Waals surface area contributed by atoms with Gasteiger partial charge in [0.25, 0.3) is 0 Å². The van der Waals surface area contributed by atoms with Crippen molar-refractivity contribution >= 4 is 34.5 Å². The molecule has 0 atom stereocenters. The Labute approximate surface area is 192 Å². The summed E-state index contributed by atoms with van der Waals surface area (Å²) in [4.78, 5) is 18.7. The number of hydrogen-bond acceptors (Lipinski definition) is 3. The topological polar surface area (TPSA) is 58.4 Å². The third-order valence-corrected chi connectivity index (χ3v) is 8.84. The molecule has 0 saturated heterocycles. The van der Waals surface area contributed by atoms with Crippen molar-refractivity contribution in [2.75, 3.05) is 19.0 Å². The summed E-state index contributed by atoms with van der Waals surface area (Å²) < 4.78 is 2.00. The second kappa shape index (κ2) is 7.53. The van der Waals surface area contributed by atoms with Gasteiger partial charge in [-0.05, 0) is 86.7 Å². The van der Waals surface area contributed by atoms with Crippen LogP contribution in [0.15, 0.2) is 24.3 Å². The van der Waals surface area contributed by atoms with E-state index in [2.05, 4.69) is 38.8 Å². The standard InChI is InChI=1S/C24H30IN3O2/c1-27(2)19-6-4-3-5-18(19)22-26-21(23(29)30)20(28(22)25)7-8-24-12-15-9-16(13-24)11-17(10-15)14-24/h3-6,15-17H,7-14H2,1-2H3,(H,29,30). The quantitative estimate of drug-likeness (QED) is 0.501. The van der Waals surface area contributed by atoms with E-state index in [4.69, 9.17) is 0 Å². The van der Waals surface area contributed by atoms with Gasteiger partial charge in [-0.15, -0.1) is 0 Å². The highest BCUT2D eigenvalue weighted by atomic mass is 127. The number of carbonyl (C=O) groups is 1. The number of nitrogens with zero attached hydrogens (tertiary/aromatic N) is 3. The zero-order chi connectivity index (χ0) is 21.0. The summed E-state index contributed by atoms with van der Waals surface area (Å²) in [6.07, 6.45) is 10.3. The van der Waals surface area contributed by atoms with Crippen molar-refractivity contribution in [3.05, 3.63) is 35.7 Å². The summed E-state index contributed by atoms with van der Waals surface area (Å²) in [7, 11) is 4.01. The number of benzene rings is 1. The average molecular weight is 519 g/mol. The molecule has 0 spiro atoms. The predicted octanol–water partition coefficient (Wildman–Crippen LogP) is 5.66. The highest BCUT2D eigenvalue weighted by molar-refractivity contribution is 14.1. The fourth-order valence-corrected chi connectivity index (χ4v) is 7.86. The van der Waals surface area contributed by atoms with Crippen LogP contribution in [0.2, 0.25) is 0 Å². The maximum absolute atomic E-state index is 12.1. The summed E-state index contributed by atoms with van der Waals surface area (Å²) in [6.45, 7) is 0. The molecule has 4 bridgehead atoms. The van der Waals surface area contributed by atoms with Gasteiger partial charge >= 0.3 is 5.97 Å². The van der Waals surface area contributed by atoms with Crippen LogP contribution in [0.1, 0.15) is 61.1 Å². The Morgan fingerprint density at radius 1 is 1.17 bits per heavy atom. The van der Waals surface area contributed by atoms with Crippen molar-refractivity contribution in [2.45, 2.75) is 51.4 Å². The fourth-order valence-electron chi connectivity index (χ4n) is 7.02. The number of aromatic nitrogens is 2. The molecule has 6 rings (SSSR count). The van der Waals surface area contributed by atoms with Crippen molar-refractivity contribution in [3.8, 4) is 11.4 Å². The third kappa shape index (κ3) is 3.45. The molecule has 4 aliphatic rings. The molecular formula is C24H30IN3O2. The molecule has 1 aromatic carbocycles. The smallest absolute Gasteiger partial charge is 0.356 e. The summed E-state index contributed by atoms with van der Waals surface area (Å²) >= 11 is 2.25. The molecule has 0 unspecified atom stereocenters. The Hall–Kier alpha value is -1.57. The van der Waals surface area contributed by atoms with Gasteiger partial charge in [0.2, 0.25) is 0 Å². The minimum Gasteiger partial charge on any atom is -0.476 e. The molecule has 30 heavy (non-hydrogen) atoms. The SMILES string of the molecule is CN(C)c1ccccc1-c1nc(C(=O)O)c(CCC23CC4CC(CC(C4)C2)C3)n1I. The van der Waals surface area contributed by atoms with Gasteiger partial charge in [-0.1, -0.05) is 12.1 Å². The van der Waals surface area contributed by atoms with Crippen LogP contribution < -0.4 is 4.90 Å². The highest BCUT2D eigenvalue weighted by Gasteiger charge is 2.50. The van der Waals surface area contributed by atoms with Gasteiger partial charge in [0, 0.05) is 25.3 Å². The summed E-state index contributed by atoms with van der Waals surface area (Å²) in [5.41, 5.74) is 3.54. The molecule has 160 valence electrons. The van der Waals surface area contributed by atoms with Crippen molar-refractivity contribution in [3.63, 3.8) is 0 Å². The number of carboxylic acids is 1. The first kappa shape index (κ1) is 20.3. The molecular weight excluding hydrogens is 489 g/mol. The maximum atomic E-state index is 12.1. The number of hydrogen-bond donors (Lipinski definition) is 1. The van der Waals surface area contributed by atoms with Gasteiger partial charge in [0.05, 0.1) is 28.6 Å². The van der Waals surface area contributed by atoms with E-state index in [1.807, 2.05) is 35.1 Å². The van der Waals surface area contributed by atoms with E-state index < -0.39 is 5.97 Å². The van der Waals surface area contributed by atoms with Crippen molar-refractivity contribution in [1.29, 1.82) is 0 Å². The van der Waals surface area contributed by atoms with Gasteiger partial charge < -0.3 is 10.0 Å². The van der Waals surface area contributed by atoms with Crippen LogP contribution in [0.4, 0.5) is 5.69 Å². The molecule has 5 nitrogen and oxygen atoms in total. The van der Waals surface area contributed by atoms with Gasteiger partial charge in [-0.2, -0.15) is 0 Å². The molecule has 1 aromatic heterocycles. The van der Waals surface area contributed by atoms with E-state index in [0.29, 0.717) is 5.41 Å². The van der Waals surface area contributed by atoms with Gasteiger partial charge in [0.15, 0.2) is 11.5 Å². The Bertz CT molecular complexity index is 946. The Kier molecular flexibility index (Phi) is 5.11. The van der Waals surface area contributed by atoms with Crippen LogP contribution in [0.25, 0.3) is 11.4 Å². The largest absolute Gasteiger partial charge is 0.476 e. The minimum atomic E-state index is -0.922. The first-order valence-corrected chi connectivity index (χ1v) is 12.1. The van der Waals surface area contributed by atoms with E-state index in [1.165, 1.54) is 38.5 Å². The lowest BCUT2D eigenvalue weighted by Crippen LogP contribution is -2.46. The van der Waals surface area contributed by atoms with Crippen LogP contribution in [0.5, 0.6) is 0 Å². The third-order valence-electron chi connectivity index (χ3n) is 7.80. The van der Waals surface area contributed by atoms with Crippen molar-refractivity contribution < 1.29 is 9.90 Å². The lowest BCUT2D eigenvalue weighted by atomic mass is 9.48. The van der Waals surface area contributed by atoms with E-state index in [1.54, 1.807) is 0 Å². The molecule has 1 N–H and O–H groups in total. The number of carboxylic acid groups (broad SMARTS) is 1. The van der Waals surface area contributed by atoms with Crippen molar-refractivity contribution in [2.24, 2.45) is 23.2 Å². The Balaban J connectivity index is 1.47. The van der Waals surface area contributed by atoms with Gasteiger partial charge in [-0.3, -0.25) is 2.78 Å². The normalized spacial score (nSPS) is 29.4. The number of aromatic carboxylic acids is 1. The Morgan fingerprint density at radius 3 is 2.33 bits per heavy atom. The molecule has 0 amide bonds. The number of anilines is 1. The Morgan fingerprint density at radius 2 is 1.77 bits per heavy atom. The van der Waals surface area contributed by atoms with Crippen LogP contribution in [0.3, 0.4) is 0 Å². The highest BCUT2D eigenvalue weighted by Crippen LogP contribution is 2.61. The lowest BCUT2D eigenvalue weighted by molar-refractivity contribution is -0.0571. The summed E-state index contributed by atoms with van der Waals surface area (Å²) in [5.74, 6) is 2.57. The summed E-state index contributed by atoms with van der Waals surface area (Å²) in [5, 5.41) is 9.90. The van der Waals surface area contributed by atoms with E-state index >= 15 is 0 Å². The van der Waals surface area contributed by atoms with Crippen LogP contribution in [0, 0.1) is 23.2 Å². The van der Waals surface area contributed by atoms with Gasteiger partial charge in [0.1, 0.15) is 0 Å². The van der Waals surface area contributed by atoms with Gasteiger partial charge in [-0.25, -0.2) is 9.78 Å². The number of para-hydroxylation sites is 1. The van der Waals surface area contributed by atoms with E-state index in [9.17, 15) is 9.90 Å². The van der Waals surface area contributed by atoms with E-state index in [0.717, 1.165) is 53.4 Å². The molecule has 0 aliphatic heterocycles. The molecule has 1 heterocycles. The predicted molar refractivity (Wildman–Crippen MR) is 127 cm³/mol. The molecule has 6 heteroatoms. The lowest BCUT2D eigenvalue weighted by Gasteiger charge is -2.57. The first-order chi connectivity index (χ1) is 14.3. The molecule has 0 radical (unpaired) electrons. The van der Waals surface area contributed by atoms with Crippen LogP contribution >= 0.6 is 22.9 Å². The van der Waals surface area contributed by atoms with Crippen LogP contribution in [-0.4, -0.2) is 32.9 Å². The molecule has 2 aromatic rings. The monoisotopic (exact) mass is 519 g/mol. The minimum absolute atomic E-state index is 0.220. The number of imidazole rings is 1. The zero-order valence-electron chi connectivity index (χ0n) is 17.8. The zero-order valence-corrected chi connectivity index (χ0v) is 19.9. The molecule has 4 fully saturated rings. The molecule has 4 saturated carbocycles. The second-order valence-corrected chi connectivity index (χ2v) is 11.1.